The summed E-state index contributed by atoms with van der Waals surface area (Å²) >= 11 is 5.78. The highest BCUT2D eigenvalue weighted by Crippen LogP contribution is 2.29. The minimum atomic E-state index is -0.422. The number of hydrogen-bond donors (Lipinski definition) is 1. The predicted molar refractivity (Wildman–Crippen MR) is 103 cm³/mol. The number of nitro groups is 1. The zero-order valence-corrected chi connectivity index (χ0v) is 15.1. The summed E-state index contributed by atoms with van der Waals surface area (Å²) in [5, 5.41) is 15.8. The van der Waals surface area contributed by atoms with Gasteiger partial charge in [-0.3, -0.25) is 14.9 Å². The molecule has 8 nitrogen and oxygen atoms in total. The zero-order chi connectivity index (χ0) is 19.2. The summed E-state index contributed by atoms with van der Waals surface area (Å²) in [7, 11) is 0. The second-order valence-electron chi connectivity index (χ2n) is 5.81. The molecule has 0 aromatic heterocycles. The molecule has 1 aliphatic rings. The van der Waals surface area contributed by atoms with Crippen LogP contribution in [-0.2, 0) is 4.74 Å². The molecular formula is C18H17ClN4O4. The van der Waals surface area contributed by atoms with Gasteiger partial charge in [-0.25, -0.2) is 5.43 Å². The van der Waals surface area contributed by atoms with Gasteiger partial charge in [-0.1, -0.05) is 17.7 Å². The van der Waals surface area contributed by atoms with Crippen molar-refractivity contribution >= 4 is 35.1 Å². The Morgan fingerprint density at radius 1 is 1.22 bits per heavy atom. The molecule has 0 atom stereocenters. The number of hydrazone groups is 1. The molecule has 9 heteroatoms. The number of nitro benzene ring substituents is 1. The number of hydrogen-bond acceptors (Lipinski definition) is 6. The van der Waals surface area contributed by atoms with Crippen molar-refractivity contribution in [2.45, 2.75) is 0 Å². The minimum Gasteiger partial charge on any atom is -0.378 e. The summed E-state index contributed by atoms with van der Waals surface area (Å²) < 4.78 is 5.28. The number of morpholine rings is 1. The van der Waals surface area contributed by atoms with Crippen LogP contribution in [0.25, 0.3) is 0 Å². The first kappa shape index (κ1) is 18.8. The lowest BCUT2D eigenvalue weighted by Gasteiger charge is -2.28. The summed E-state index contributed by atoms with van der Waals surface area (Å²) in [6.07, 6.45) is 1.36. The Balaban J connectivity index is 1.71. The van der Waals surface area contributed by atoms with Crippen LogP contribution in [0.5, 0.6) is 0 Å². The van der Waals surface area contributed by atoms with Crippen molar-refractivity contribution in [1.82, 2.24) is 5.43 Å². The highest BCUT2D eigenvalue weighted by Gasteiger charge is 2.21. The number of benzene rings is 2. The van der Waals surface area contributed by atoms with Gasteiger partial charge in [0.25, 0.3) is 11.6 Å². The minimum absolute atomic E-state index is 0.00937. The summed E-state index contributed by atoms with van der Waals surface area (Å²) in [5.74, 6) is -0.401. The molecule has 1 heterocycles. The van der Waals surface area contributed by atoms with Gasteiger partial charge >= 0.3 is 0 Å². The van der Waals surface area contributed by atoms with E-state index >= 15 is 0 Å². The highest BCUT2D eigenvalue weighted by molar-refractivity contribution is 6.30. The first-order valence-electron chi connectivity index (χ1n) is 8.25. The molecule has 1 saturated heterocycles. The smallest absolute Gasteiger partial charge is 0.293 e. The third-order valence-electron chi connectivity index (χ3n) is 4.03. The number of amides is 1. The van der Waals surface area contributed by atoms with Crippen molar-refractivity contribution < 1.29 is 14.5 Å². The van der Waals surface area contributed by atoms with E-state index in [-0.39, 0.29) is 5.69 Å². The van der Waals surface area contributed by atoms with E-state index in [1.54, 1.807) is 36.4 Å². The van der Waals surface area contributed by atoms with Crippen molar-refractivity contribution in [2.75, 3.05) is 31.2 Å². The number of carbonyl (C=O) groups excluding carboxylic acids is 1. The molecule has 0 aliphatic carbocycles. The number of anilines is 1. The van der Waals surface area contributed by atoms with Gasteiger partial charge in [0.1, 0.15) is 5.69 Å². The lowest BCUT2D eigenvalue weighted by atomic mass is 10.1. The van der Waals surface area contributed by atoms with Gasteiger partial charge in [-0.15, -0.1) is 0 Å². The van der Waals surface area contributed by atoms with Crippen LogP contribution < -0.4 is 10.3 Å². The maximum atomic E-state index is 12.0. The van der Waals surface area contributed by atoms with Gasteiger partial charge in [-0.05, 0) is 30.3 Å². The van der Waals surface area contributed by atoms with Gasteiger partial charge in [-0.2, -0.15) is 5.10 Å². The van der Waals surface area contributed by atoms with Gasteiger partial charge in [0.15, 0.2) is 0 Å². The average Bonchev–Trinajstić information content (AvgIpc) is 2.69. The van der Waals surface area contributed by atoms with Crippen molar-refractivity contribution in [2.24, 2.45) is 5.10 Å². The number of halogens is 1. The van der Waals surface area contributed by atoms with E-state index in [2.05, 4.69) is 10.5 Å². The number of nitrogens with zero attached hydrogens (tertiary/aromatic N) is 3. The van der Waals surface area contributed by atoms with E-state index in [0.717, 1.165) is 0 Å². The van der Waals surface area contributed by atoms with Crippen LogP contribution in [-0.4, -0.2) is 43.3 Å². The molecule has 0 radical (unpaired) electrons. The monoisotopic (exact) mass is 388 g/mol. The fraction of sp³-hybridized carbons (Fsp3) is 0.222. The fourth-order valence-corrected chi connectivity index (χ4v) is 2.80. The summed E-state index contributed by atoms with van der Waals surface area (Å²) in [6, 6.07) is 11.2. The first-order valence-corrected chi connectivity index (χ1v) is 8.62. The molecular weight excluding hydrogens is 372 g/mol. The van der Waals surface area contributed by atoms with Gasteiger partial charge in [0.2, 0.25) is 0 Å². The normalized spacial score (nSPS) is 14.3. The number of rotatable bonds is 5. The van der Waals surface area contributed by atoms with Crippen LogP contribution in [0.1, 0.15) is 15.9 Å². The van der Waals surface area contributed by atoms with Crippen LogP contribution in [0.15, 0.2) is 47.6 Å². The van der Waals surface area contributed by atoms with E-state index in [9.17, 15) is 14.9 Å². The predicted octanol–water partition coefficient (Wildman–Crippen LogP) is 2.85. The molecule has 2 aromatic rings. The number of nitrogens with one attached hydrogen (secondary N) is 1. The molecule has 1 amide bonds. The summed E-state index contributed by atoms with van der Waals surface area (Å²) in [6.45, 7) is 2.28. The third kappa shape index (κ3) is 4.81. The van der Waals surface area contributed by atoms with Crippen LogP contribution in [0, 0.1) is 10.1 Å². The molecule has 0 spiro atoms. The Bertz CT molecular complexity index is 864. The van der Waals surface area contributed by atoms with Gasteiger partial charge in [0.05, 0.1) is 24.4 Å². The molecule has 0 saturated carbocycles. The van der Waals surface area contributed by atoms with E-state index < -0.39 is 10.8 Å². The Labute approximate surface area is 160 Å². The molecule has 3 rings (SSSR count). The standard InChI is InChI=1S/C18H17ClN4O4/c19-15-4-2-14(3-5-15)18(24)21-20-12-13-1-6-16(17(11-13)23(25)26)22-7-9-27-10-8-22/h1-6,11-12H,7-10H2,(H,21,24)/b20-12+. The lowest BCUT2D eigenvalue weighted by molar-refractivity contribution is -0.384. The molecule has 27 heavy (non-hydrogen) atoms. The quantitative estimate of drug-likeness (QED) is 0.482. The zero-order valence-electron chi connectivity index (χ0n) is 14.3. The highest BCUT2D eigenvalue weighted by atomic mass is 35.5. The van der Waals surface area contributed by atoms with Crippen molar-refractivity contribution in [1.29, 1.82) is 0 Å². The second-order valence-corrected chi connectivity index (χ2v) is 6.25. The van der Waals surface area contributed by atoms with Gasteiger partial charge in [0, 0.05) is 35.3 Å². The van der Waals surface area contributed by atoms with E-state index in [1.165, 1.54) is 12.3 Å². The summed E-state index contributed by atoms with van der Waals surface area (Å²) in [4.78, 5) is 24.9. The Hall–Kier alpha value is -2.97. The van der Waals surface area contributed by atoms with Crippen LogP contribution >= 0.6 is 11.6 Å². The summed E-state index contributed by atoms with van der Waals surface area (Å²) in [5.41, 5.74) is 3.84. The Morgan fingerprint density at radius 2 is 1.93 bits per heavy atom. The van der Waals surface area contributed by atoms with E-state index in [1.807, 2.05) is 4.90 Å². The van der Waals surface area contributed by atoms with Crippen LogP contribution in [0.2, 0.25) is 5.02 Å². The lowest BCUT2D eigenvalue weighted by Crippen LogP contribution is -2.36. The fourth-order valence-electron chi connectivity index (χ4n) is 2.67. The molecule has 0 unspecified atom stereocenters. The van der Waals surface area contributed by atoms with Crippen molar-refractivity contribution in [3.05, 3.63) is 68.7 Å². The van der Waals surface area contributed by atoms with Crippen LogP contribution in [0.3, 0.4) is 0 Å². The second kappa shape index (κ2) is 8.61. The molecule has 1 N–H and O–H groups in total. The van der Waals surface area contributed by atoms with E-state index in [4.69, 9.17) is 16.3 Å². The molecule has 140 valence electrons. The topological polar surface area (TPSA) is 97.1 Å². The maximum absolute atomic E-state index is 12.0. The van der Waals surface area contributed by atoms with Crippen molar-refractivity contribution in [3.8, 4) is 0 Å². The maximum Gasteiger partial charge on any atom is 0.293 e. The Kier molecular flexibility index (Phi) is 6.00. The van der Waals surface area contributed by atoms with Crippen LogP contribution in [0.4, 0.5) is 11.4 Å². The third-order valence-corrected chi connectivity index (χ3v) is 4.29. The first-order chi connectivity index (χ1) is 13.0. The number of carbonyl (C=O) groups is 1. The molecule has 0 bridgehead atoms. The van der Waals surface area contributed by atoms with Crippen molar-refractivity contribution in [3.63, 3.8) is 0 Å². The molecule has 1 fully saturated rings. The average molecular weight is 389 g/mol. The van der Waals surface area contributed by atoms with Gasteiger partial charge < -0.3 is 9.64 Å². The Morgan fingerprint density at radius 3 is 2.59 bits per heavy atom. The molecule has 1 aliphatic heterocycles. The SMILES string of the molecule is O=C(N/N=C/c1ccc(N2CCOCC2)c([N+](=O)[O-])c1)c1ccc(Cl)cc1. The largest absolute Gasteiger partial charge is 0.378 e. The van der Waals surface area contributed by atoms with E-state index in [0.29, 0.717) is 48.1 Å². The number of ether oxygens (including phenoxy) is 1. The molecule has 2 aromatic carbocycles.